The number of aliphatic hydroxyl groups excluding tert-OH is 3. The van der Waals surface area contributed by atoms with Crippen LogP contribution >= 0.6 is 0 Å². The summed E-state index contributed by atoms with van der Waals surface area (Å²) >= 11 is 0. The highest BCUT2D eigenvalue weighted by molar-refractivity contribution is 7.85. The third-order valence-corrected chi connectivity index (χ3v) is 6.81. The van der Waals surface area contributed by atoms with Crippen LogP contribution in [0.1, 0.15) is 24.8 Å². The van der Waals surface area contributed by atoms with E-state index in [0.29, 0.717) is 30.4 Å². The molecule has 13 heteroatoms. The van der Waals surface area contributed by atoms with Gasteiger partial charge in [0.05, 0.1) is 17.8 Å². The number of fused-ring (bicyclic) bond motifs is 1. The average molecular weight is 480 g/mol. The maximum Gasteiger partial charge on any atom is 0.294 e. The summed E-state index contributed by atoms with van der Waals surface area (Å²) in [6.07, 6.45) is 1.06. The van der Waals surface area contributed by atoms with Gasteiger partial charge in [0.2, 0.25) is 0 Å². The highest BCUT2D eigenvalue weighted by atomic mass is 32.2. The van der Waals surface area contributed by atoms with Gasteiger partial charge in [0.1, 0.15) is 30.2 Å². The lowest BCUT2D eigenvalue weighted by Gasteiger charge is -2.34. The third kappa shape index (κ3) is 4.30. The Balaban J connectivity index is 1.55. The molecular formula is C20H25N5O7S. The van der Waals surface area contributed by atoms with Crippen molar-refractivity contribution in [2.24, 2.45) is 0 Å². The summed E-state index contributed by atoms with van der Waals surface area (Å²) in [4.78, 5) is 12.2. The first-order chi connectivity index (χ1) is 15.7. The van der Waals surface area contributed by atoms with Crippen LogP contribution < -0.4 is 5.73 Å². The third-order valence-electron chi connectivity index (χ3n) is 5.94. The van der Waals surface area contributed by atoms with Crippen molar-refractivity contribution in [2.45, 2.75) is 54.6 Å². The molecule has 3 heterocycles. The number of hydrogen-bond donors (Lipinski definition) is 5. The highest BCUT2D eigenvalue weighted by Gasteiger charge is 2.55. The molecule has 0 bridgehead atoms. The Morgan fingerprint density at radius 2 is 1.85 bits per heavy atom. The molecular weight excluding hydrogens is 454 g/mol. The number of aromatic nitrogens is 4. The lowest BCUT2D eigenvalue weighted by Crippen LogP contribution is -2.45. The van der Waals surface area contributed by atoms with Gasteiger partial charge in [-0.1, -0.05) is 12.1 Å². The Bertz CT molecular complexity index is 1230. The highest BCUT2D eigenvalue weighted by Crippen LogP contribution is 2.41. The number of aliphatic hydroxyl groups is 3. The number of benzene rings is 1. The number of nitrogens with zero attached hydrogens (tertiary/aromatic N) is 4. The zero-order valence-electron chi connectivity index (χ0n) is 17.5. The Labute approximate surface area is 189 Å². The van der Waals surface area contributed by atoms with Crippen LogP contribution in [0, 0.1) is 0 Å². The number of ether oxygens (including phenoxy) is 1. The maximum atomic E-state index is 11.2. The van der Waals surface area contributed by atoms with Crippen molar-refractivity contribution >= 4 is 27.1 Å². The molecule has 178 valence electrons. The van der Waals surface area contributed by atoms with E-state index < -0.39 is 40.8 Å². The van der Waals surface area contributed by atoms with Gasteiger partial charge in [-0.2, -0.15) is 8.42 Å². The van der Waals surface area contributed by atoms with E-state index in [1.165, 1.54) is 29.4 Å². The van der Waals surface area contributed by atoms with Gasteiger partial charge in [-0.15, -0.1) is 0 Å². The Hall–Kier alpha value is -2.68. The zero-order chi connectivity index (χ0) is 23.8. The molecule has 4 atom stereocenters. The van der Waals surface area contributed by atoms with Crippen molar-refractivity contribution in [3.63, 3.8) is 0 Å². The van der Waals surface area contributed by atoms with Gasteiger partial charge in [0, 0.05) is 0 Å². The summed E-state index contributed by atoms with van der Waals surface area (Å²) in [5, 5.41) is 31.0. The lowest BCUT2D eigenvalue weighted by molar-refractivity contribution is -0.151. The second-order valence-electron chi connectivity index (χ2n) is 7.99. The second-order valence-corrected chi connectivity index (χ2v) is 9.41. The first-order valence-corrected chi connectivity index (χ1v) is 11.8. The van der Waals surface area contributed by atoms with Crippen LogP contribution in [0.4, 0.5) is 5.82 Å². The molecule has 0 amide bonds. The van der Waals surface area contributed by atoms with Gasteiger partial charge in [-0.3, -0.25) is 9.12 Å². The fourth-order valence-electron chi connectivity index (χ4n) is 4.21. The zero-order valence-corrected chi connectivity index (χ0v) is 18.3. The molecule has 1 fully saturated rings. The first-order valence-electron chi connectivity index (χ1n) is 10.3. The Morgan fingerprint density at radius 1 is 1.12 bits per heavy atom. The summed E-state index contributed by atoms with van der Waals surface area (Å²) in [6, 6.07) is 5.91. The van der Waals surface area contributed by atoms with Gasteiger partial charge in [0.15, 0.2) is 17.2 Å². The van der Waals surface area contributed by atoms with Gasteiger partial charge in [-0.05, 0) is 43.4 Å². The summed E-state index contributed by atoms with van der Waals surface area (Å²) in [6.45, 7) is -0.482. The summed E-state index contributed by atoms with van der Waals surface area (Å²) < 4.78 is 39.0. The predicted molar refractivity (Wildman–Crippen MR) is 115 cm³/mol. The van der Waals surface area contributed by atoms with E-state index >= 15 is 0 Å². The smallest absolute Gasteiger partial charge is 0.294 e. The predicted octanol–water partition coefficient (Wildman–Crippen LogP) is -0.166. The van der Waals surface area contributed by atoms with Crippen LogP contribution in [-0.2, 0) is 27.0 Å². The minimum Gasteiger partial charge on any atom is -0.394 e. The van der Waals surface area contributed by atoms with Crippen LogP contribution in [0.25, 0.3) is 11.2 Å². The molecule has 0 spiro atoms. The normalized spacial score (nSPS) is 25.6. The molecule has 1 aliphatic rings. The number of hydrogen-bond acceptors (Lipinski definition) is 10. The number of rotatable bonds is 8. The summed E-state index contributed by atoms with van der Waals surface area (Å²) in [5.74, 6) is 0.161. The molecule has 4 rings (SSSR count). The van der Waals surface area contributed by atoms with E-state index in [2.05, 4.69) is 15.0 Å². The van der Waals surface area contributed by atoms with E-state index in [1.54, 1.807) is 12.1 Å². The van der Waals surface area contributed by atoms with Crippen LogP contribution in [0.2, 0.25) is 0 Å². The van der Waals surface area contributed by atoms with E-state index in [9.17, 15) is 23.7 Å². The molecule has 3 aromatic rings. The Morgan fingerprint density at radius 3 is 2.48 bits per heavy atom. The average Bonchev–Trinajstić information content (AvgIpc) is 3.33. The van der Waals surface area contributed by atoms with Crippen LogP contribution in [-0.4, -0.2) is 72.7 Å². The molecule has 1 aliphatic heterocycles. The largest absolute Gasteiger partial charge is 0.394 e. The number of aryl methyl sites for hydroxylation is 1. The molecule has 2 aromatic heterocycles. The van der Waals surface area contributed by atoms with E-state index in [1.807, 2.05) is 0 Å². The maximum absolute atomic E-state index is 11.2. The van der Waals surface area contributed by atoms with Crippen LogP contribution in [0.5, 0.6) is 0 Å². The molecule has 0 aliphatic carbocycles. The minimum atomic E-state index is -4.25. The molecule has 12 nitrogen and oxygen atoms in total. The molecule has 0 saturated carbocycles. The van der Waals surface area contributed by atoms with E-state index in [-0.39, 0.29) is 17.1 Å². The summed E-state index contributed by atoms with van der Waals surface area (Å²) in [5.41, 5.74) is 5.97. The second kappa shape index (κ2) is 8.93. The fourth-order valence-corrected chi connectivity index (χ4v) is 4.69. The Kier molecular flexibility index (Phi) is 6.35. The quantitative estimate of drug-likeness (QED) is 0.213. The van der Waals surface area contributed by atoms with Gasteiger partial charge >= 0.3 is 0 Å². The van der Waals surface area contributed by atoms with E-state index in [4.69, 9.17) is 15.0 Å². The van der Waals surface area contributed by atoms with Crippen molar-refractivity contribution in [1.29, 1.82) is 0 Å². The molecule has 1 aromatic carbocycles. The molecule has 0 radical (unpaired) electrons. The molecule has 0 unspecified atom stereocenters. The number of unbranched alkanes of at least 4 members (excludes halogenated alkanes) is 1. The van der Waals surface area contributed by atoms with Crippen molar-refractivity contribution in [3.05, 3.63) is 42.5 Å². The van der Waals surface area contributed by atoms with Crippen molar-refractivity contribution in [1.82, 2.24) is 19.5 Å². The molecule has 33 heavy (non-hydrogen) atoms. The number of nitrogen functional groups attached to an aromatic ring is 1. The van der Waals surface area contributed by atoms with Crippen LogP contribution in [0.3, 0.4) is 0 Å². The number of nitrogens with two attached hydrogens (primary N) is 1. The van der Waals surface area contributed by atoms with Crippen molar-refractivity contribution in [3.8, 4) is 0 Å². The topological polar surface area (TPSA) is 194 Å². The monoisotopic (exact) mass is 479 g/mol. The van der Waals surface area contributed by atoms with E-state index in [0.717, 1.165) is 5.56 Å². The van der Waals surface area contributed by atoms with Gasteiger partial charge in [0.25, 0.3) is 10.1 Å². The molecule has 1 saturated heterocycles. The van der Waals surface area contributed by atoms with Crippen LogP contribution in [0.15, 0.2) is 41.8 Å². The standard InChI is InChI=1S/C20H25N5O7S/c21-18-15-19(23-10-22-18)25(11-24-15)20(17(28)16(27)14(9-26)32-20)8-2-1-3-12-4-6-13(7-5-12)33(29,30)31/h4-7,10-11,14,16-17,26-28H,1-3,8-9H2,(H2,21,22,23)(H,29,30,31)/t14-,16-,17-,20-/m1/s1. The fraction of sp³-hybridized carbons (Fsp3) is 0.450. The number of imidazole rings is 1. The lowest BCUT2D eigenvalue weighted by atomic mass is 9.95. The number of anilines is 1. The summed E-state index contributed by atoms with van der Waals surface area (Å²) in [7, 11) is -4.25. The van der Waals surface area contributed by atoms with Gasteiger partial charge < -0.3 is 25.8 Å². The SMILES string of the molecule is Nc1ncnc2c1ncn2[C@]1(CCCCc2ccc(S(=O)(=O)O)cc2)O[C@H](CO)[C@@H](O)[C@H]1O. The molecule has 6 N–H and O–H groups in total. The van der Waals surface area contributed by atoms with Crippen molar-refractivity contribution in [2.75, 3.05) is 12.3 Å². The minimum absolute atomic E-state index is 0.161. The first kappa shape index (κ1) is 23.5. The van der Waals surface area contributed by atoms with Gasteiger partial charge in [-0.25, -0.2) is 15.0 Å². The van der Waals surface area contributed by atoms with Crippen molar-refractivity contribution < 1.29 is 33.0 Å².